The lowest BCUT2D eigenvalue weighted by atomic mass is 10.0. The normalized spacial score (nSPS) is 16.8. The third-order valence-electron chi connectivity index (χ3n) is 3.31. The highest BCUT2D eigenvalue weighted by Crippen LogP contribution is 2.28. The molecule has 4 nitrogen and oxygen atoms in total. The maximum Gasteiger partial charge on any atom is 0.208 e. The van der Waals surface area contributed by atoms with E-state index >= 15 is 0 Å². The Bertz CT molecular complexity index is 323. The molecule has 0 spiro atoms. The lowest BCUT2D eigenvalue weighted by molar-refractivity contribution is 0.296. The van der Waals surface area contributed by atoms with Crippen molar-refractivity contribution in [3.05, 3.63) is 5.82 Å². The average molecular weight is 255 g/mol. The van der Waals surface area contributed by atoms with Crippen molar-refractivity contribution in [1.29, 1.82) is 0 Å². The second-order valence-electron chi connectivity index (χ2n) is 4.68. The molecule has 0 aromatic carbocycles. The largest absolute Gasteiger partial charge is 0.396 e. The minimum absolute atomic E-state index is 0.242. The number of aromatic nitrogens is 3. The van der Waals surface area contributed by atoms with Crippen LogP contribution in [0.4, 0.5) is 0 Å². The Morgan fingerprint density at radius 1 is 1.35 bits per heavy atom. The van der Waals surface area contributed by atoms with Crippen LogP contribution in [0.15, 0.2) is 5.16 Å². The van der Waals surface area contributed by atoms with Gasteiger partial charge in [-0.15, -0.1) is 5.10 Å². The summed E-state index contributed by atoms with van der Waals surface area (Å²) in [6.45, 7) is 0.242. The van der Waals surface area contributed by atoms with Crippen LogP contribution < -0.4 is 0 Å². The van der Waals surface area contributed by atoms with Crippen LogP contribution in [0.2, 0.25) is 0 Å². The molecule has 0 atom stereocenters. The summed E-state index contributed by atoms with van der Waals surface area (Å²) in [6.07, 6.45) is 8.68. The first-order valence-electron chi connectivity index (χ1n) is 6.53. The molecule has 0 unspecified atom stereocenters. The number of aromatic amines is 1. The van der Waals surface area contributed by atoms with Gasteiger partial charge in [-0.2, -0.15) is 0 Å². The summed E-state index contributed by atoms with van der Waals surface area (Å²) >= 11 is 1.61. The molecule has 0 saturated heterocycles. The molecule has 2 N–H and O–H groups in total. The maximum atomic E-state index is 8.69. The fraction of sp³-hybridized carbons (Fsp3) is 0.833. The van der Waals surface area contributed by atoms with Gasteiger partial charge in [0.05, 0.1) is 0 Å². The van der Waals surface area contributed by atoms with E-state index in [1.807, 2.05) is 0 Å². The lowest BCUT2D eigenvalue weighted by Gasteiger charge is -2.05. The molecule has 1 heterocycles. The van der Waals surface area contributed by atoms with E-state index in [0.29, 0.717) is 0 Å². The molecule has 0 bridgehead atoms. The number of hydrogen-bond donors (Lipinski definition) is 2. The average Bonchev–Trinajstić information content (AvgIpc) is 2.98. The van der Waals surface area contributed by atoms with Crippen LogP contribution in [0.25, 0.3) is 0 Å². The van der Waals surface area contributed by atoms with Gasteiger partial charge in [-0.1, -0.05) is 37.4 Å². The molecular weight excluding hydrogens is 234 g/mol. The summed E-state index contributed by atoms with van der Waals surface area (Å²) in [6, 6.07) is 0. The topological polar surface area (TPSA) is 61.8 Å². The lowest BCUT2D eigenvalue weighted by Crippen LogP contribution is -1.97. The number of rotatable bonds is 7. The van der Waals surface area contributed by atoms with E-state index in [9.17, 15) is 0 Å². The van der Waals surface area contributed by atoms with Crippen molar-refractivity contribution in [2.24, 2.45) is 5.92 Å². The van der Waals surface area contributed by atoms with E-state index in [1.54, 1.807) is 11.8 Å². The highest BCUT2D eigenvalue weighted by molar-refractivity contribution is 7.99. The van der Waals surface area contributed by atoms with Crippen molar-refractivity contribution >= 4 is 11.8 Å². The van der Waals surface area contributed by atoms with Gasteiger partial charge < -0.3 is 5.11 Å². The Kier molecular flexibility index (Phi) is 5.32. The number of nitrogens with zero attached hydrogens (tertiary/aromatic N) is 2. The number of thioether (sulfide) groups is 1. The van der Waals surface area contributed by atoms with Gasteiger partial charge in [-0.25, -0.2) is 4.98 Å². The van der Waals surface area contributed by atoms with E-state index in [-0.39, 0.29) is 6.61 Å². The van der Waals surface area contributed by atoms with Gasteiger partial charge >= 0.3 is 0 Å². The Morgan fingerprint density at radius 3 is 2.94 bits per heavy atom. The zero-order valence-corrected chi connectivity index (χ0v) is 11.0. The van der Waals surface area contributed by atoms with Gasteiger partial charge in [0.2, 0.25) is 5.16 Å². The van der Waals surface area contributed by atoms with Crippen LogP contribution in [0, 0.1) is 5.92 Å². The van der Waals surface area contributed by atoms with Crippen LogP contribution in [-0.2, 0) is 6.42 Å². The minimum Gasteiger partial charge on any atom is -0.396 e. The molecule has 2 rings (SSSR count). The van der Waals surface area contributed by atoms with Crippen LogP contribution in [0.3, 0.4) is 0 Å². The number of H-pyrrole nitrogens is 1. The molecule has 0 aliphatic heterocycles. The first-order chi connectivity index (χ1) is 8.38. The first kappa shape index (κ1) is 12.9. The molecule has 1 aliphatic rings. The third-order valence-corrected chi connectivity index (χ3v) is 4.24. The zero-order chi connectivity index (χ0) is 11.9. The monoisotopic (exact) mass is 255 g/mol. The summed E-state index contributed by atoms with van der Waals surface area (Å²) in [5.74, 6) is 2.81. The number of aliphatic hydroxyl groups excluding tert-OH is 1. The molecule has 96 valence electrons. The van der Waals surface area contributed by atoms with Crippen LogP contribution >= 0.6 is 11.8 Å². The molecule has 1 fully saturated rings. The van der Waals surface area contributed by atoms with Crippen molar-refractivity contribution in [2.45, 2.75) is 50.1 Å². The second kappa shape index (κ2) is 7.01. The fourth-order valence-electron chi connectivity index (χ4n) is 2.32. The summed E-state index contributed by atoms with van der Waals surface area (Å²) in [5, 5.41) is 16.7. The number of aryl methyl sites for hydroxylation is 1. The Morgan fingerprint density at radius 2 is 2.18 bits per heavy atom. The van der Waals surface area contributed by atoms with Gasteiger partial charge in [0.25, 0.3) is 0 Å². The van der Waals surface area contributed by atoms with Crippen LogP contribution in [-0.4, -0.2) is 32.6 Å². The zero-order valence-electron chi connectivity index (χ0n) is 10.2. The van der Waals surface area contributed by atoms with Gasteiger partial charge in [0.1, 0.15) is 5.82 Å². The summed E-state index contributed by atoms with van der Waals surface area (Å²) in [7, 11) is 0. The number of aliphatic hydroxyl groups is 1. The summed E-state index contributed by atoms with van der Waals surface area (Å²) in [4.78, 5) is 4.46. The minimum atomic E-state index is 0.242. The van der Waals surface area contributed by atoms with E-state index in [1.165, 1.54) is 32.1 Å². The summed E-state index contributed by atoms with van der Waals surface area (Å²) in [5.41, 5.74) is 0. The van der Waals surface area contributed by atoms with Crippen molar-refractivity contribution in [2.75, 3.05) is 12.4 Å². The quantitative estimate of drug-likeness (QED) is 0.580. The van der Waals surface area contributed by atoms with Crippen molar-refractivity contribution in [1.82, 2.24) is 15.2 Å². The van der Waals surface area contributed by atoms with Gasteiger partial charge in [-0.3, -0.25) is 5.10 Å². The Balaban J connectivity index is 1.69. The van der Waals surface area contributed by atoms with Crippen molar-refractivity contribution in [3.8, 4) is 0 Å². The highest BCUT2D eigenvalue weighted by atomic mass is 32.2. The molecule has 0 amide bonds. The molecule has 17 heavy (non-hydrogen) atoms. The van der Waals surface area contributed by atoms with Gasteiger partial charge in [0.15, 0.2) is 0 Å². The van der Waals surface area contributed by atoms with Gasteiger partial charge in [0, 0.05) is 18.8 Å². The molecule has 1 aromatic heterocycles. The van der Waals surface area contributed by atoms with E-state index < -0.39 is 0 Å². The second-order valence-corrected chi connectivity index (χ2v) is 5.74. The van der Waals surface area contributed by atoms with E-state index in [2.05, 4.69) is 15.2 Å². The standard InChI is InChI=1S/C12H21N3OS/c16-8-3-9-17-12-13-11(14-15-12)7-6-10-4-1-2-5-10/h10,16H,1-9H2,(H,13,14,15). The smallest absolute Gasteiger partial charge is 0.208 e. The maximum absolute atomic E-state index is 8.69. The third kappa shape index (κ3) is 4.32. The first-order valence-corrected chi connectivity index (χ1v) is 7.52. The highest BCUT2D eigenvalue weighted by Gasteiger charge is 2.15. The Hall–Kier alpha value is -0.550. The number of hydrogen-bond acceptors (Lipinski definition) is 4. The predicted molar refractivity (Wildman–Crippen MR) is 69.1 cm³/mol. The molecular formula is C12H21N3OS. The molecule has 1 saturated carbocycles. The van der Waals surface area contributed by atoms with Crippen molar-refractivity contribution in [3.63, 3.8) is 0 Å². The molecule has 1 aromatic rings. The van der Waals surface area contributed by atoms with Crippen molar-refractivity contribution < 1.29 is 5.11 Å². The van der Waals surface area contributed by atoms with Crippen LogP contribution in [0.1, 0.15) is 44.3 Å². The Labute approximate surface area is 107 Å². The molecule has 1 aliphatic carbocycles. The van der Waals surface area contributed by atoms with Crippen LogP contribution in [0.5, 0.6) is 0 Å². The SMILES string of the molecule is OCCCSc1n[nH]c(CCC2CCCC2)n1. The van der Waals surface area contributed by atoms with E-state index in [0.717, 1.165) is 35.5 Å². The number of nitrogens with one attached hydrogen (secondary N) is 1. The molecule has 5 heteroatoms. The summed E-state index contributed by atoms with van der Waals surface area (Å²) < 4.78 is 0. The molecule has 0 radical (unpaired) electrons. The van der Waals surface area contributed by atoms with Gasteiger partial charge in [-0.05, 0) is 18.8 Å². The van der Waals surface area contributed by atoms with E-state index in [4.69, 9.17) is 5.11 Å². The predicted octanol–water partition coefficient (Wildman–Crippen LogP) is 2.40. The fourth-order valence-corrected chi connectivity index (χ4v) is 3.06.